The van der Waals surface area contributed by atoms with Gasteiger partial charge in [-0.15, -0.1) is 20.4 Å². The first-order valence-corrected chi connectivity index (χ1v) is 9.54. The van der Waals surface area contributed by atoms with E-state index in [1.807, 2.05) is 55.7 Å². The Morgan fingerprint density at radius 1 is 1.24 bits per heavy atom. The third-order valence-electron chi connectivity index (χ3n) is 3.47. The molecule has 7 nitrogen and oxygen atoms in total. The number of carbonyl (C=O) groups is 1. The van der Waals surface area contributed by atoms with Gasteiger partial charge >= 0.3 is 0 Å². The van der Waals surface area contributed by atoms with Crippen molar-refractivity contribution < 1.29 is 4.79 Å². The fourth-order valence-corrected chi connectivity index (χ4v) is 3.74. The summed E-state index contributed by atoms with van der Waals surface area (Å²) in [5, 5.41) is 20.9. The molecule has 2 heterocycles. The molecule has 3 aromatic rings. The van der Waals surface area contributed by atoms with Crippen molar-refractivity contribution in [2.75, 3.05) is 5.32 Å². The van der Waals surface area contributed by atoms with Gasteiger partial charge in [-0.1, -0.05) is 53.4 Å². The number of nitrogens with one attached hydrogen (secondary N) is 1. The number of anilines is 1. The molecule has 0 aliphatic carbocycles. The smallest absolute Gasteiger partial charge is 0.239 e. The van der Waals surface area contributed by atoms with Gasteiger partial charge in [-0.2, -0.15) is 0 Å². The normalized spacial score (nSPS) is 12.1. The Labute approximate surface area is 153 Å². The molecule has 0 spiro atoms. The van der Waals surface area contributed by atoms with Gasteiger partial charge in [0.05, 0.1) is 5.25 Å². The summed E-state index contributed by atoms with van der Waals surface area (Å²) >= 11 is 2.73. The van der Waals surface area contributed by atoms with E-state index in [4.69, 9.17) is 0 Å². The molecular formula is C16H18N6OS2. The summed E-state index contributed by atoms with van der Waals surface area (Å²) in [7, 11) is 0. The quantitative estimate of drug-likeness (QED) is 0.667. The highest BCUT2D eigenvalue weighted by molar-refractivity contribution is 8.00. The van der Waals surface area contributed by atoms with Gasteiger partial charge in [-0.3, -0.25) is 10.1 Å². The van der Waals surface area contributed by atoms with Crippen LogP contribution in [-0.4, -0.2) is 36.1 Å². The molecule has 1 aromatic carbocycles. The number of benzene rings is 1. The number of aromatic nitrogens is 5. The minimum Gasteiger partial charge on any atom is -0.302 e. The van der Waals surface area contributed by atoms with Gasteiger partial charge < -0.3 is 4.57 Å². The molecule has 0 bridgehead atoms. The lowest BCUT2D eigenvalue weighted by atomic mass is 10.2. The van der Waals surface area contributed by atoms with Crippen LogP contribution in [0, 0.1) is 6.92 Å². The van der Waals surface area contributed by atoms with Gasteiger partial charge in [0, 0.05) is 12.1 Å². The molecule has 2 aromatic heterocycles. The zero-order chi connectivity index (χ0) is 17.8. The highest BCUT2D eigenvalue weighted by atomic mass is 32.2. The minimum absolute atomic E-state index is 0.131. The zero-order valence-electron chi connectivity index (χ0n) is 14.1. The molecule has 0 fully saturated rings. The molecule has 9 heteroatoms. The zero-order valence-corrected chi connectivity index (χ0v) is 15.8. The summed E-state index contributed by atoms with van der Waals surface area (Å²) in [6, 6.07) is 9.90. The van der Waals surface area contributed by atoms with Gasteiger partial charge in [0.1, 0.15) is 5.01 Å². The summed E-state index contributed by atoms with van der Waals surface area (Å²) in [6.07, 6.45) is 0. The first kappa shape index (κ1) is 17.6. The lowest BCUT2D eigenvalue weighted by Gasteiger charge is -2.11. The molecule has 1 atom stereocenters. The Morgan fingerprint density at radius 3 is 2.64 bits per heavy atom. The second-order valence-corrected chi connectivity index (χ2v) is 7.78. The van der Waals surface area contributed by atoms with Gasteiger partial charge in [0.2, 0.25) is 11.0 Å². The van der Waals surface area contributed by atoms with Crippen LogP contribution >= 0.6 is 23.1 Å². The van der Waals surface area contributed by atoms with Crippen LogP contribution < -0.4 is 5.32 Å². The molecule has 0 aliphatic rings. The predicted molar refractivity (Wildman–Crippen MR) is 99.7 cm³/mol. The Balaban J connectivity index is 1.74. The first-order chi connectivity index (χ1) is 12.1. The van der Waals surface area contributed by atoms with Crippen LogP contribution in [0.25, 0.3) is 11.4 Å². The molecule has 0 saturated heterocycles. The summed E-state index contributed by atoms with van der Waals surface area (Å²) in [5.41, 5.74) is 1.00. The lowest BCUT2D eigenvalue weighted by molar-refractivity contribution is -0.115. The summed E-state index contributed by atoms with van der Waals surface area (Å²) in [4.78, 5) is 12.4. The lowest BCUT2D eigenvalue weighted by Crippen LogP contribution is -2.22. The monoisotopic (exact) mass is 374 g/mol. The van der Waals surface area contributed by atoms with E-state index in [0.717, 1.165) is 28.1 Å². The summed E-state index contributed by atoms with van der Waals surface area (Å²) in [6.45, 7) is 6.45. The van der Waals surface area contributed by atoms with Crippen molar-refractivity contribution in [1.82, 2.24) is 25.0 Å². The Morgan fingerprint density at radius 2 is 2.00 bits per heavy atom. The summed E-state index contributed by atoms with van der Waals surface area (Å²) < 4.78 is 2.01. The van der Waals surface area contributed by atoms with Crippen LogP contribution in [0.1, 0.15) is 18.9 Å². The second kappa shape index (κ2) is 7.75. The van der Waals surface area contributed by atoms with Crippen molar-refractivity contribution in [2.24, 2.45) is 0 Å². The first-order valence-electron chi connectivity index (χ1n) is 7.84. The van der Waals surface area contributed by atoms with E-state index < -0.39 is 0 Å². The van der Waals surface area contributed by atoms with E-state index in [2.05, 4.69) is 25.7 Å². The van der Waals surface area contributed by atoms with Crippen molar-refractivity contribution in [3.05, 3.63) is 35.3 Å². The number of hydrogen-bond acceptors (Lipinski definition) is 7. The highest BCUT2D eigenvalue weighted by Gasteiger charge is 2.21. The molecule has 1 unspecified atom stereocenters. The van der Waals surface area contributed by atoms with Crippen LogP contribution in [0.15, 0.2) is 35.5 Å². The molecule has 3 rings (SSSR count). The van der Waals surface area contributed by atoms with Crippen molar-refractivity contribution in [1.29, 1.82) is 0 Å². The second-order valence-electron chi connectivity index (χ2n) is 5.29. The number of hydrogen-bond donors (Lipinski definition) is 1. The number of rotatable bonds is 6. The van der Waals surface area contributed by atoms with E-state index in [1.54, 1.807) is 0 Å². The average molecular weight is 374 g/mol. The molecule has 130 valence electrons. The summed E-state index contributed by atoms with van der Waals surface area (Å²) in [5.74, 6) is 0.672. The Bertz CT molecular complexity index is 861. The standard InChI is InChI=1S/C16H18N6OS2/c1-4-22-13(12-8-6-5-7-9-12)19-21-16(22)24-10(2)14(23)17-15-20-18-11(3)25-15/h5-10H,4H2,1-3H3,(H,17,20,23). The maximum atomic E-state index is 12.4. The fourth-order valence-electron chi connectivity index (χ4n) is 2.23. The minimum atomic E-state index is -0.331. The predicted octanol–water partition coefficient (Wildman–Crippen LogP) is 3.24. The number of thioether (sulfide) groups is 1. The van der Waals surface area contributed by atoms with Crippen LogP contribution in [0.5, 0.6) is 0 Å². The molecule has 25 heavy (non-hydrogen) atoms. The largest absolute Gasteiger partial charge is 0.302 e. The van der Waals surface area contributed by atoms with Crippen molar-refractivity contribution in [3.63, 3.8) is 0 Å². The maximum absolute atomic E-state index is 12.4. The van der Waals surface area contributed by atoms with E-state index in [9.17, 15) is 4.79 Å². The van der Waals surface area contributed by atoms with E-state index in [1.165, 1.54) is 23.1 Å². The van der Waals surface area contributed by atoms with Crippen molar-refractivity contribution in [3.8, 4) is 11.4 Å². The third kappa shape index (κ3) is 4.05. The Hall–Kier alpha value is -2.26. The number of amides is 1. The maximum Gasteiger partial charge on any atom is 0.239 e. The SMILES string of the molecule is CCn1c(SC(C)C(=O)Nc2nnc(C)s2)nnc1-c1ccccc1. The Kier molecular flexibility index (Phi) is 5.44. The molecule has 0 saturated carbocycles. The van der Waals surface area contributed by atoms with Crippen LogP contribution in [-0.2, 0) is 11.3 Å². The van der Waals surface area contributed by atoms with Crippen LogP contribution in [0.4, 0.5) is 5.13 Å². The molecule has 0 radical (unpaired) electrons. The average Bonchev–Trinajstić information content (AvgIpc) is 3.21. The van der Waals surface area contributed by atoms with Gasteiger partial charge in [0.25, 0.3) is 0 Å². The topological polar surface area (TPSA) is 85.6 Å². The molecule has 1 N–H and O–H groups in total. The molecular weight excluding hydrogens is 356 g/mol. The number of aryl methyl sites for hydroxylation is 1. The van der Waals surface area contributed by atoms with Crippen LogP contribution in [0.3, 0.4) is 0 Å². The van der Waals surface area contributed by atoms with Crippen molar-refractivity contribution in [2.45, 2.75) is 37.7 Å². The van der Waals surface area contributed by atoms with Gasteiger partial charge in [0.15, 0.2) is 11.0 Å². The fraction of sp³-hybridized carbons (Fsp3) is 0.312. The van der Waals surface area contributed by atoms with E-state index in [-0.39, 0.29) is 11.2 Å². The third-order valence-corrected chi connectivity index (χ3v) is 5.31. The number of carbonyl (C=O) groups excluding carboxylic acids is 1. The van der Waals surface area contributed by atoms with Crippen LogP contribution in [0.2, 0.25) is 0 Å². The van der Waals surface area contributed by atoms with E-state index in [0.29, 0.717) is 5.13 Å². The van der Waals surface area contributed by atoms with Crippen molar-refractivity contribution >= 4 is 34.1 Å². The highest BCUT2D eigenvalue weighted by Crippen LogP contribution is 2.27. The number of nitrogens with zero attached hydrogens (tertiary/aromatic N) is 5. The van der Waals surface area contributed by atoms with Gasteiger partial charge in [-0.25, -0.2) is 0 Å². The molecule has 1 amide bonds. The van der Waals surface area contributed by atoms with E-state index >= 15 is 0 Å². The molecule has 0 aliphatic heterocycles. The van der Waals surface area contributed by atoms with Gasteiger partial charge in [-0.05, 0) is 20.8 Å².